The first-order chi connectivity index (χ1) is 33.1. The summed E-state index contributed by atoms with van der Waals surface area (Å²) in [6, 6.07) is 24.5. The van der Waals surface area contributed by atoms with Gasteiger partial charge >= 0.3 is 6.09 Å². The van der Waals surface area contributed by atoms with E-state index < -0.39 is 16.2 Å². The molecule has 18 nitrogen and oxygen atoms in total. The number of hydrogen-bond donors (Lipinski definition) is 1. The summed E-state index contributed by atoms with van der Waals surface area (Å²) in [5.74, 6) is 0.0414. The highest BCUT2D eigenvalue weighted by atomic mass is 32.2. The highest BCUT2D eigenvalue weighted by Gasteiger charge is 2.29. The second-order valence-corrected chi connectivity index (χ2v) is 16.2. The summed E-state index contributed by atoms with van der Waals surface area (Å²) in [6.45, 7) is 11.3. The number of hydrogen-bond acceptors (Lipinski definition) is 17. The molecule has 1 N–H and O–H groups in total. The predicted molar refractivity (Wildman–Crippen MR) is 247 cm³/mol. The summed E-state index contributed by atoms with van der Waals surface area (Å²) in [5, 5.41) is 2.80. The maximum atomic E-state index is 12.3. The molecule has 0 atom stereocenters. The van der Waals surface area contributed by atoms with Crippen LogP contribution in [0.5, 0.6) is 0 Å². The van der Waals surface area contributed by atoms with E-state index in [-0.39, 0.29) is 24.0 Å². The Balaban J connectivity index is 0.752. The zero-order valence-corrected chi connectivity index (χ0v) is 39.5. The Bertz CT molecular complexity index is 1750. The van der Waals surface area contributed by atoms with Gasteiger partial charge in [0.05, 0.1) is 163 Å². The largest absolute Gasteiger partial charge is 0.449 e. The minimum Gasteiger partial charge on any atom is -0.449 e. The van der Waals surface area contributed by atoms with Crippen molar-refractivity contribution in [1.29, 1.82) is 0 Å². The van der Waals surface area contributed by atoms with Gasteiger partial charge in [-0.25, -0.2) is 4.79 Å². The number of amides is 1. The third-order valence-electron chi connectivity index (χ3n) is 9.67. The molecular formula is C48H71NO17S. The molecule has 0 radical (unpaired) electrons. The topological polar surface area (TPSA) is 192 Å². The highest BCUT2D eigenvalue weighted by Crippen LogP contribution is 2.44. The number of rotatable bonds is 44. The standard InChI is InChI=1S/C48H71NO17S/c50-48(65-41-47-45-13-6-4-11-43(45)44-12-5-7-14-46(44)47)49-15-8-16-53-17-18-54-19-20-55-21-22-56-23-24-57-25-26-58-27-28-59-29-30-60-31-32-61-33-34-62-35-36-63-37-38-64-39-40-66-67(51,52)42-9-2-1-3-10-42/h1-7,9-14,47H,8,15-41H2,(H,49,50). The molecule has 0 aliphatic heterocycles. The van der Waals surface area contributed by atoms with Crippen LogP contribution in [0, 0.1) is 0 Å². The number of carbonyl (C=O) groups is 1. The number of ether oxygens (including phenoxy) is 13. The van der Waals surface area contributed by atoms with Gasteiger partial charge in [0.25, 0.3) is 10.1 Å². The summed E-state index contributed by atoms with van der Waals surface area (Å²) in [5.41, 5.74) is 4.78. The van der Waals surface area contributed by atoms with Crippen molar-refractivity contribution < 1.29 is 79.0 Å². The van der Waals surface area contributed by atoms with Crippen molar-refractivity contribution in [3.8, 4) is 11.1 Å². The molecule has 0 saturated heterocycles. The lowest BCUT2D eigenvalue weighted by atomic mass is 9.98. The van der Waals surface area contributed by atoms with Gasteiger partial charge in [0.2, 0.25) is 0 Å². The average Bonchev–Trinajstić information content (AvgIpc) is 3.67. The summed E-state index contributed by atoms with van der Waals surface area (Å²) >= 11 is 0. The van der Waals surface area contributed by atoms with E-state index in [0.29, 0.717) is 172 Å². The maximum absolute atomic E-state index is 12.3. The Morgan fingerprint density at radius 1 is 0.403 bits per heavy atom. The van der Waals surface area contributed by atoms with Gasteiger partial charge in [-0.1, -0.05) is 66.7 Å². The van der Waals surface area contributed by atoms with Crippen LogP contribution in [0.1, 0.15) is 23.5 Å². The van der Waals surface area contributed by atoms with Gasteiger partial charge in [-0.15, -0.1) is 0 Å². The third kappa shape index (κ3) is 25.5. The summed E-state index contributed by atoms with van der Waals surface area (Å²) < 4.78 is 100. The van der Waals surface area contributed by atoms with Crippen molar-refractivity contribution in [2.24, 2.45) is 0 Å². The van der Waals surface area contributed by atoms with Gasteiger partial charge in [0.1, 0.15) is 6.61 Å². The monoisotopic (exact) mass is 965 g/mol. The summed E-state index contributed by atoms with van der Waals surface area (Å²) in [4.78, 5) is 12.4. The first-order valence-corrected chi connectivity index (χ1v) is 24.4. The molecule has 376 valence electrons. The molecule has 0 unspecified atom stereocenters. The van der Waals surface area contributed by atoms with E-state index in [9.17, 15) is 13.2 Å². The number of alkyl carbamates (subject to hydrolysis) is 1. The van der Waals surface area contributed by atoms with Crippen molar-refractivity contribution in [1.82, 2.24) is 5.32 Å². The first kappa shape index (κ1) is 56.0. The Labute approximate surface area is 396 Å². The third-order valence-corrected chi connectivity index (χ3v) is 11.0. The van der Waals surface area contributed by atoms with Crippen molar-refractivity contribution in [3.05, 3.63) is 90.0 Å². The van der Waals surface area contributed by atoms with Gasteiger partial charge in [-0.3, -0.25) is 4.18 Å². The van der Waals surface area contributed by atoms with Crippen molar-refractivity contribution in [2.75, 3.05) is 178 Å². The molecule has 0 saturated carbocycles. The van der Waals surface area contributed by atoms with Gasteiger partial charge in [-0.05, 0) is 40.8 Å². The van der Waals surface area contributed by atoms with E-state index in [2.05, 4.69) is 29.6 Å². The Morgan fingerprint density at radius 2 is 0.716 bits per heavy atom. The molecule has 3 aromatic rings. The lowest BCUT2D eigenvalue weighted by Crippen LogP contribution is -2.27. The molecule has 0 aromatic heterocycles. The van der Waals surface area contributed by atoms with E-state index in [1.54, 1.807) is 18.2 Å². The van der Waals surface area contributed by atoms with Gasteiger partial charge < -0.3 is 66.9 Å². The van der Waals surface area contributed by atoms with Gasteiger partial charge in [0, 0.05) is 19.1 Å². The van der Waals surface area contributed by atoms with Crippen LogP contribution in [-0.2, 0) is 75.9 Å². The lowest BCUT2D eigenvalue weighted by molar-refractivity contribution is -0.0285. The normalized spacial score (nSPS) is 12.4. The summed E-state index contributed by atoms with van der Waals surface area (Å²) in [6.07, 6.45) is 0.253. The second kappa shape index (κ2) is 37.3. The van der Waals surface area contributed by atoms with E-state index in [1.165, 1.54) is 34.4 Å². The van der Waals surface area contributed by atoms with E-state index >= 15 is 0 Å². The molecule has 0 spiro atoms. The highest BCUT2D eigenvalue weighted by molar-refractivity contribution is 7.86. The molecule has 1 aliphatic carbocycles. The van der Waals surface area contributed by atoms with Crippen LogP contribution in [0.3, 0.4) is 0 Å². The Kier molecular flexibility index (Phi) is 31.1. The van der Waals surface area contributed by atoms with Crippen LogP contribution in [0.2, 0.25) is 0 Å². The molecule has 1 amide bonds. The molecule has 3 aromatic carbocycles. The number of benzene rings is 3. The van der Waals surface area contributed by atoms with Crippen LogP contribution < -0.4 is 5.32 Å². The number of nitrogens with one attached hydrogen (secondary N) is 1. The van der Waals surface area contributed by atoms with E-state index in [0.717, 1.165) is 0 Å². The Morgan fingerprint density at radius 3 is 1.09 bits per heavy atom. The predicted octanol–water partition coefficient (Wildman–Crippen LogP) is 4.52. The molecule has 19 heteroatoms. The van der Waals surface area contributed by atoms with E-state index in [4.69, 9.17) is 65.8 Å². The summed E-state index contributed by atoms with van der Waals surface area (Å²) in [7, 11) is -3.77. The van der Waals surface area contributed by atoms with Gasteiger partial charge in [-0.2, -0.15) is 8.42 Å². The van der Waals surface area contributed by atoms with Crippen LogP contribution in [0.15, 0.2) is 83.8 Å². The molecule has 4 rings (SSSR count). The van der Waals surface area contributed by atoms with Crippen molar-refractivity contribution in [3.63, 3.8) is 0 Å². The van der Waals surface area contributed by atoms with Crippen LogP contribution in [0.4, 0.5) is 4.79 Å². The van der Waals surface area contributed by atoms with Crippen LogP contribution in [0.25, 0.3) is 11.1 Å². The fourth-order valence-electron chi connectivity index (χ4n) is 6.39. The van der Waals surface area contributed by atoms with Crippen LogP contribution in [-0.4, -0.2) is 193 Å². The fraction of sp³-hybridized carbons (Fsp3) is 0.604. The molecule has 0 bridgehead atoms. The van der Waals surface area contributed by atoms with Crippen molar-refractivity contribution >= 4 is 16.2 Å². The SMILES string of the molecule is O=C(NCCCOCCOCCOCCOCCOCCOCCOCCOCCOCCOCCOCCOCCOS(=O)(=O)c1ccccc1)OCC1c2ccccc2-c2ccccc21. The molecule has 1 aliphatic rings. The molecular weight excluding hydrogens is 895 g/mol. The van der Waals surface area contributed by atoms with E-state index in [1.807, 2.05) is 24.3 Å². The van der Waals surface area contributed by atoms with Gasteiger partial charge in [0.15, 0.2) is 0 Å². The zero-order chi connectivity index (χ0) is 47.1. The van der Waals surface area contributed by atoms with Crippen LogP contribution >= 0.6 is 0 Å². The second-order valence-electron chi connectivity index (χ2n) is 14.5. The minimum absolute atomic E-state index is 0.0414. The minimum atomic E-state index is -3.77. The molecule has 0 heterocycles. The quantitative estimate of drug-likeness (QED) is 0.0614. The average molecular weight is 966 g/mol. The zero-order valence-electron chi connectivity index (χ0n) is 38.7. The smallest absolute Gasteiger partial charge is 0.407 e. The maximum Gasteiger partial charge on any atom is 0.407 e. The fourth-order valence-corrected chi connectivity index (χ4v) is 7.31. The first-order valence-electron chi connectivity index (χ1n) is 23.0. The lowest BCUT2D eigenvalue weighted by Gasteiger charge is -2.14. The van der Waals surface area contributed by atoms with Crippen molar-refractivity contribution in [2.45, 2.75) is 17.2 Å². The number of carbonyl (C=O) groups excluding carboxylic acids is 1. The Hall–Kier alpha value is -3.64. The molecule has 0 fully saturated rings. The molecule has 67 heavy (non-hydrogen) atoms. The number of fused-ring (bicyclic) bond motifs is 3.